The average molecular weight is 419 g/mol. The Morgan fingerprint density at radius 1 is 0.931 bits per heavy atom. The molecule has 0 aliphatic carbocycles. The highest BCUT2D eigenvalue weighted by Crippen LogP contribution is 2.40. The summed E-state index contributed by atoms with van der Waals surface area (Å²) in [6, 6.07) is 22.2. The van der Waals surface area contributed by atoms with Gasteiger partial charge in [0.1, 0.15) is 0 Å². The van der Waals surface area contributed by atoms with Crippen LogP contribution in [0.1, 0.15) is 16.4 Å². The molecule has 0 amide bonds. The maximum atomic E-state index is 6.11. The van der Waals surface area contributed by atoms with Gasteiger partial charge in [-0.2, -0.15) is 0 Å². The lowest BCUT2D eigenvalue weighted by Crippen LogP contribution is -2.03. The highest BCUT2D eigenvalue weighted by Gasteiger charge is 2.21. The standard InChI is InChI=1S/C23H19ClN4S/c1-2-16-28-22(19-12-14-25-15-13-19)26-27-23(28)29-21(17-6-4-3-5-7-17)18-8-10-20(24)11-9-18/h2-15,21H,1,16H2. The topological polar surface area (TPSA) is 43.6 Å². The molecule has 0 saturated carbocycles. The molecule has 1 unspecified atom stereocenters. The number of rotatable bonds is 7. The first-order valence-electron chi connectivity index (χ1n) is 9.18. The highest BCUT2D eigenvalue weighted by atomic mass is 35.5. The van der Waals surface area contributed by atoms with Crippen molar-refractivity contribution < 1.29 is 0 Å². The lowest BCUT2D eigenvalue weighted by atomic mass is 10.0. The lowest BCUT2D eigenvalue weighted by molar-refractivity contribution is 0.729. The summed E-state index contributed by atoms with van der Waals surface area (Å²) in [6.45, 7) is 4.52. The number of thioether (sulfide) groups is 1. The molecule has 0 aliphatic rings. The van der Waals surface area contributed by atoms with Crippen molar-refractivity contribution in [1.82, 2.24) is 19.7 Å². The van der Waals surface area contributed by atoms with Crippen LogP contribution in [-0.2, 0) is 6.54 Å². The first kappa shape index (κ1) is 19.4. The van der Waals surface area contributed by atoms with Gasteiger partial charge in [0, 0.05) is 29.5 Å². The molecule has 4 rings (SSSR count). The molecule has 2 aromatic heterocycles. The van der Waals surface area contributed by atoms with E-state index in [2.05, 4.69) is 62.7 Å². The number of halogens is 1. The fourth-order valence-corrected chi connectivity index (χ4v) is 4.38. The number of pyridine rings is 1. The molecule has 4 nitrogen and oxygen atoms in total. The molecule has 1 atom stereocenters. The molecule has 29 heavy (non-hydrogen) atoms. The van der Waals surface area contributed by atoms with Crippen molar-refractivity contribution in [3.63, 3.8) is 0 Å². The lowest BCUT2D eigenvalue weighted by Gasteiger charge is -2.18. The van der Waals surface area contributed by atoms with Gasteiger partial charge in [-0.3, -0.25) is 9.55 Å². The molecule has 0 saturated heterocycles. The normalized spacial score (nSPS) is 11.9. The molecule has 0 spiro atoms. The van der Waals surface area contributed by atoms with E-state index in [1.54, 1.807) is 24.2 Å². The van der Waals surface area contributed by atoms with Crippen LogP contribution in [0.25, 0.3) is 11.4 Å². The monoisotopic (exact) mass is 418 g/mol. The van der Waals surface area contributed by atoms with Gasteiger partial charge in [-0.25, -0.2) is 0 Å². The van der Waals surface area contributed by atoms with Crippen LogP contribution in [0, 0.1) is 0 Å². The largest absolute Gasteiger partial charge is 0.298 e. The third kappa shape index (κ3) is 4.42. The zero-order valence-corrected chi connectivity index (χ0v) is 17.2. The van der Waals surface area contributed by atoms with Gasteiger partial charge in [-0.05, 0) is 35.4 Å². The average Bonchev–Trinajstić information content (AvgIpc) is 3.17. The van der Waals surface area contributed by atoms with Crippen LogP contribution in [0.4, 0.5) is 0 Å². The van der Waals surface area contributed by atoms with Crippen molar-refractivity contribution in [2.45, 2.75) is 17.0 Å². The van der Waals surface area contributed by atoms with E-state index in [1.165, 1.54) is 5.56 Å². The van der Waals surface area contributed by atoms with E-state index in [0.717, 1.165) is 27.1 Å². The number of aromatic nitrogens is 4. The number of allylic oxidation sites excluding steroid dienone is 1. The molecular formula is C23H19ClN4S. The van der Waals surface area contributed by atoms with Crippen LogP contribution < -0.4 is 0 Å². The van der Waals surface area contributed by atoms with Gasteiger partial charge >= 0.3 is 0 Å². The second-order valence-corrected chi connectivity index (χ2v) is 7.91. The number of nitrogens with zero attached hydrogens (tertiary/aromatic N) is 4. The molecular weight excluding hydrogens is 400 g/mol. The third-order valence-electron chi connectivity index (χ3n) is 4.47. The van der Waals surface area contributed by atoms with Crippen molar-refractivity contribution in [1.29, 1.82) is 0 Å². The minimum absolute atomic E-state index is 0.0616. The second kappa shape index (κ2) is 9.07. The van der Waals surface area contributed by atoms with E-state index in [4.69, 9.17) is 11.6 Å². The van der Waals surface area contributed by atoms with Crippen molar-refractivity contribution in [2.24, 2.45) is 0 Å². The Morgan fingerprint density at radius 3 is 2.31 bits per heavy atom. The van der Waals surface area contributed by atoms with E-state index in [0.29, 0.717) is 6.54 Å². The van der Waals surface area contributed by atoms with E-state index in [9.17, 15) is 0 Å². The van der Waals surface area contributed by atoms with E-state index in [-0.39, 0.29) is 5.25 Å². The Labute approximate surface area is 179 Å². The molecule has 6 heteroatoms. The summed E-state index contributed by atoms with van der Waals surface area (Å²) in [5.74, 6) is 0.803. The minimum atomic E-state index is 0.0616. The summed E-state index contributed by atoms with van der Waals surface area (Å²) >= 11 is 7.78. The van der Waals surface area contributed by atoms with Crippen molar-refractivity contribution in [3.05, 3.63) is 108 Å². The SMILES string of the molecule is C=CCn1c(SC(c2ccccc2)c2ccc(Cl)cc2)nnc1-c1ccncc1. The molecule has 0 bridgehead atoms. The van der Waals surface area contributed by atoms with E-state index in [1.807, 2.05) is 36.4 Å². The van der Waals surface area contributed by atoms with Crippen LogP contribution in [0.15, 0.2) is 96.9 Å². The Balaban J connectivity index is 1.75. The Hall–Kier alpha value is -2.89. The molecule has 2 aromatic carbocycles. The van der Waals surface area contributed by atoms with Crippen LogP contribution in [-0.4, -0.2) is 19.7 Å². The summed E-state index contributed by atoms with van der Waals surface area (Å²) in [5.41, 5.74) is 3.33. The summed E-state index contributed by atoms with van der Waals surface area (Å²) in [5, 5.41) is 10.6. The number of hydrogen-bond acceptors (Lipinski definition) is 4. The highest BCUT2D eigenvalue weighted by molar-refractivity contribution is 7.99. The molecule has 4 aromatic rings. The van der Waals surface area contributed by atoms with E-state index >= 15 is 0 Å². The van der Waals surface area contributed by atoms with Crippen molar-refractivity contribution in [2.75, 3.05) is 0 Å². The number of benzene rings is 2. The summed E-state index contributed by atoms with van der Waals surface area (Å²) in [7, 11) is 0. The molecule has 144 valence electrons. The first-order valence-corrected chi connectivity index (χ1v) is 10.4. The molecule has 0 radical (unpaired) electrons. The fourth-order valence-electron chi connectivity index (χ4n) is 3.08. The summed E-state index contributed by atoms with van der Waals surface area (Å²) < 4.78 is 2.08. The zero-order chi connectivity index (χ0) is 20.1. The zero-order valence-electron chi connectivity index (χ0n) is 15.6. The van der Waals surface area contributed by atoms with Gasteiger partial charge in [0.15, 0.2) is 11.0 Å². The molecule has 2 heterocycles. The van der Waals surface area contributed by atoms with Gasteiger partial charge < -0.3 is 0 Å². The van der Waals surface area contributed by atoms with Crippen LogP contribution in [0.5, 0.6) is 0 Å². The molecule has 0 fully saturated rings. The Morgan fingerprint density at radius 2 is 1.62 bits per heavy atom. The van der Waals surface area contributed by atoms with Crippen LogP contribution >= 0.6 is 23.4 Å². The van der Waals surface area contributed by atoms with Crippen molar-refractivity contribution >= 4 is 23.4 Å². The van der Waals surface area contributed by atoms with Crippen LogP contribution in [0.3, 0.4) is 0 Å². The fraction of sp³-hybridized carbons (Fsp3) is 0.0870. The summed E-state index contributed by atoms with van der Waals surface area (Å²) in [6.07, 6.45) is 5.38. The third-order valence-corrected chi connectivity index (χ3v) is 6.01. The van der Waals surface area contributed by atoms with Crippen LogP contribution in [0.2, 0.25) is 5.02 Å². The maximum Gasteiger partial charge on any atom is 0.192 e. The number of hydrogen-bond donors (Lipinski definition) is 0. The smallest absolute Gasteiger partial charge is 0.192 e. The van der Waals surface area contributed by atoms with Gasteiger partial charge in [-0.1, -0.05) is 71.9 Å². The van der Waals surface area contributed by atoms with Gasteiger partial charge in [0.2, 0.25) is 0 Å². The van der Waals surface area contributed by atoms with E-state index < -0.39 is 0 Å². The molecule has 0 aliphatic heterocycles. The first-order chi connectivity index (χ1) is 14.3. The maximum absolute atomic E-state index is 6.11. The van der Waals surface area contributed by atoms with Crippen molar-refractivity contribution in [3.8, 4) is 11.4 Å². The minimum Gasteiger partial charge on any atom is -0.298 e. The predicted octanol–water partition coefficient (Wildman–Crippen LogP) is 6.06. The van der Waals surface area contributed by atoms with Gasteiger partial charge in [0.05, 0.1) is 5.25 Å². The van der Waals surface area contributed by atoms with Gasteiger partial charge in [0.25, 0.3) is 0 Å². The Bertz CT molecular complexity index is 1080. The predicted molar refractivity (Wildman–Crippen MR) is 119 cm³/mol. The Kier molecular flexibility index (Phi) is 6.08. The summed E-state index contributed by atoms with van der Waals surface area (Å²) in [4.78, 5) is 4.09. The molecule has 0 N–H and O–H groups in total. The van der Waals surface area contributed by atoms with Gasteiger partial charge in [-0.15, -0.1) is 16.8 Å². The second-order valence-electron chi connectivity index (χ2n) is 6.40. The quantitative estimate of drug-likeness (QED) is 0.270.